The summed E-state index contributed by atoms with van der Waals surface area (Å²) in [7, 11) is 3.02. The topological polar surface area (TPSA) is 64.8 Å². The highest BCUT2D eigenvalue weighted by molar-refractivity contribution is 5.67. The maximum absolute atomic E-state index is 11.3. The number of hydrogen-bond acceptors (Lipinski definition) is 4. The standard InChI is InChI=1S/C9H18N2O3/c1-13-8(12)11-5-3-4-9(6-10,7-11)14-2/h3-7,10H2,1-2H3. The molecule has 5 heteroatoms. The van der Waals surface area contributed by atoms with Gasteiger partial charge in [0.1, 0.15) is 0 Å². The lowest BCUT2D eigenvalue weighted by Crippen LogP contribution is -2.55. The fourth-order valence-corrected chi connectivity index (χ4v) is 1.80. The Bertz CT molecular complexity index is 204. The van der Waals surface area contributed by atoms with Gasteiger partial charge in [-0.3, -0.25) is 0 Å². The molecule has 1 fully saturated rings. The van der Waals surface area contributed by atoms with Crippen LogP contribution in [0.15, 0.2) is 0 Å². The molecule has 1 saturated heterocycles. The Hall–Kier alpha value is -0.810. The van der Waals surface area contributed by atoms with Crippen LogP contribution in [0.4, 0.5) is 4.79 Å². The largest absolute Gasteiger partial charge is 0.453 e. The molecule has 0 aromatic heterocycles. The number of piperidine rings is 1. The fraction of sp³-hybridized carbons (Fsp3) is 0.889. The van der Waals surface area contributed by atoms with Crippen molar-refractivity contribution in [3.63, 3.8) is 0 Å². The molecule has 82 valence electrons. The monoisotopic (exact) mass is 202 g/mol. The number of rotatable bonds is 2. The quantitative estimate of drug-likeness (QED) is 0.694. The lowest BCUT2D eigenvalue weighted by Gasteiger charge is -2.40. The van der Waals surface area contributed by atoms with Crippen LogP contribution >= 0.6 is 0 Å². The highest BCUT2D eigenvalue weighted by Crippen LogP contribution is 2.23. The molecule has 1 aliphatic heterocycles. The fourth-order valence-electron chi connectivity index (χ4n) is 1.80. The van der Waals surface area contributed by atoms with Crippen molar-refractivity contribution in [2.45, 2.75) is 18.4 Å². The molecular weight excluding hydrogens is 184 g/mol. The molecule has 1 atom stereocenters. The van der Waals surface area contributed by atoms with E-state index < -0.39 is 0 Å². The number of likely N-dealkylation sites (tertiary alicyclic amines) is 1. The smallest absolute Gasteiger partial charge is 0.409 e. The van der Waals surface area contributed by atoms with Gasteiger partial charge in [0.2, 0.25) is 0 Å². The summed E-state index contributed by atoms with van der Waals surface area (Å²) >= 11 is 0. The number of ether oxygens (including phenoxy) is 2. The first kappa shape index (κ1) is 11.3. The third kappa shape index (κ3) is 2.16. The zero-order chi connectivity index (χ0) is 10.6. The summed E-state index contributed by atoms with van der Waals surface area (Å²) in [6.07, 6.45) is 1.49. The average Bonchev–Trinajstić information content (AvgIpc) is 2.28. The highest BCUT2D eigenvalue weighted by Gasteiger charge is 2.36. The van der Waals surface area contributed by atoms with Crippen molar-refractivity contribution in [3.8, 4) is 0 Å². The van der Waals surface area contributed by atoms with Crippen molar-refractivity contribution in [1.29, 1.82) is 0 Å². The zero-order valence-corrected chi connectivity index (χ0v) is 8.78. The molecule has 1 amide bonds. The van der Waals surface area contributed by atoms with Crippen LogP contribution in [0.3, 0.4) is 0 Å². The minimum absolute atomic E-state index is 0.306. The van der Waals surface area contributed by atoms with Crippen LogP contribution in [0.5, 0.6) is 0 Å². The third-order valence-electron chi connectivity index (χ3n) is 2.78. The molecule has 5 nitrogen and oxygen atoms in total. The van der Waals surface area contributed by atoms with Gasteiger partial charge >= 0.3 is 6.09 Å². The van der Waals surface area contributed by atoms with E-state index in [0.29, 0.717) is 13.1 Å². The van der Waals surface area contributed by atoms with Gasteiger partial charge in [-0.1, -0.05) is 0 Å². The Kier molecular flexibility index (Phi) is 3.71. The van der Waals surface area contributed by atoms with E-state index in [-0.39, 0.29) is 11.7 Å². The number of hydrogen-bond donors (Lipinski definition) is 1. The summed E-state index contributed by atoms with van der Waals surface area (Å²) in [5, 5.41) is 0. The van der Waals surface area contributed by atoms with Gasteiger partial charge in [0.05, 0.1) is 19.3 Å². The van der Waals surface area contributed by atoms with E-state index in [2.05, 4.69) is 4.74 Å². The van der Waals surface area contributed by atoms with E-state index in [1.165, 1.54) is 7.11 Å². The van der Waals surface area contributed by atoms with E-state index in [9.17, 15) is 4.79 Å². The molecule has 0 aliphatic carbocycles. The van der Waals surface area contributed by atoms with Gasteiger partial charge in [-0.2, -0.15) is 0 Å². The maximum atomic E-state index is 11.3. The molecule has 1 heterocycles. The van der Waals surface area contributed by atoms with Crippen LogP contribution in [-0.4, -0.2) is 50.4 Å². The summed E-state index contributed by atoms with van der Waals surface area (Å²) in [6, 6.07) is 0. The van der Waals surface area contributed by atoms with Crippen LogP contribution in [0.2, 0.25) is 0 Å². The summed E-state index contributed by atoms with van der Waals surface area (Å²) in [5.74, 6) is 0. The zero-order valence-electron chi connectivity index (χ0n) is 8.78. The molecule has 1 unspecified atom stereocenters. The molecule has 14 heavy (non-hydrogen) atoms. The SMILES string of the molecule is COC(=O)N1CCCC(CN)(OC)C1. The van der Waals surface area contributed by atoms with Crippen molar-refractivity contribution >= 4 is 6.09 Å². The molecule has 1 rings (SSSR count). The van der Waals surface area contributed by atoms with E-state index in [1.807, 2.05) is 0 Å². The van der Waals surface area contributed by atoms with E-state index >= 15 is 0 Å². The van der Waals surface area contributed by atoms with Crippen molar-refractivity contribution in [3.05, 3.63) is 0 Å². The summed E-state index contributed by atoms with van der Waals surface area (Å²) < 4.78 is 10.0. The molecular formula is C9H18N2O3. The Morgan fingerprint density at radius 2 is 2.29 bits per heavy atom. The highest BCUT2D eigenvalue weighted by atomic mass is 16.5. The molecule has 0 aromatic rings. The Labute approximate surface area is 84.1 Å². The second-order valence-electron chi connectivity index (χ2n) is 3.59. The third-order valence-corrected chi connectivity index (χ3v) is 2.78. The number of carbonyl (C=O) groups excluding carboxylic acids is 1. The van der Waals surface area contributed by atoms with E-state index in [1.54, 1.807) is 12.0 Å². The second kappa shape index (κ2) is 4.61. The molecule has 1 aliphatic rings. The van der Waals surface area contributed by atoms with Gasteiger partial charge < -0.3 is 20.1 Å². The van der Waals surface area contributed by atoms with Crippen molar-refractivity contribution < 1.29 is 14.3 Å². The maximum Gasteiger partial charge on any atom is 0.409 e. The van der Waals surface area contributed by atoms with Gasteiger partial charge in [-0.15, -0.1) is 0 Å². The lowest BCUT2D eigenvalue weighted by atomic mass is 9.93. The van der Waals surface area contributed by atoms with Crippen LogP contribution < -0.4 is 5.73 Å². The lowest BCUT2D eigenvalue weighted by molar-refractivity contribution is -0.0532. The van der Waals surface area contributed by atoms with Crippen LogP contribution in [0.25, 0.3) is 0 Å². The number of carbonyl (C=O) groups is 1. The molecule has 0 aromatic carbocycles. The van der Waals surface area contributed by atoms with Gasteiger partial charge in [0, 0.05) is 20.2 Å². The van der Waals surface area contributed by atoms with Gasteiger partial charge in [0.25, 0.3) is 0 Å². The predicted molar refractivity (Wildman–Crippen MR) is 52.0 cm³/mol. The normalized spacial score (nSPS) is 27.5. The average molecular weight is 202 g/mol. The minimum Gasteiger partial charge on any atom is -0.453 e. The Morgan fingerprint density at radius 3 is 2.79 bits per heavy atom. The molecule has 0 spiro atoms. The first-order chi connectivity index (χ1) is 6.67. The van der Waals surface area contributed by atoms with Gasteiger partial charge in [-0.25, -0.2) is 4.79 Å². The summed E-state index contributed by atoms with van der Waals surface area (Å²) in [4.78, 5) is 12.9. The number of amides is 1. The number of methoxy groups -OCH3 is 2. The first-order valence-electron chi connectivity index (χ1n) is 4.75. The number of nitrogens with two attached hydrogens (primary N) is 1. The molecule has 0 saturated carbocycles. The second-order valence-corrected chi connectivity index (χ2v) is 3.59. The summed E-state index contributed by atoms with van der Waals surface area (Å²) in [6.45, 7) is 1.67. The van der Waals surface area contributed by atoms with Crippen LogP contribution in [0.1, 0.15) is 12.8 Å². The predicted octanol–water partition coefficient (Wildman–Crippen LogP) is 0.193. The minimum atomic E-state index is -0.383. The van der Waals surface area contributed by atoms with Crippen LogP contribution in [-0.2, 0) is 9.47 Å². The Balaban J connectivity index is 2.62. The first-order valence-corrected chi connectivity index (χ1v) is 4.75. The molecule has 0 bridgehead atoms. The van der Waals surface area contributed by atoms with Crippen molar-refractivity contribution in [2.24, 2.45) is 5.73 Å². The summed E-state index contributed by atoms with van der Waals surface area (Å²) in [5.41, 5.74) is 5.27. The molecule has 2 N–H and O–H groups in total. The van der Waals surface area contributed by atoms with E-state index in [0.717, 1.165) is 19.4 Å². The van der Waals surface area contributed by atoms with Crippen molar-refractivity contribution in [1.82, 2.24) is 4.90 Å². The molecule has 0 radical (unpaired) electrons. The number of nitrogens with zero attached hydrogens (tertiary/aromatic N) is 1. The Morgan fingerprint density at radius 1 is 1.57 bits per heavy atom. The van der Waals surface area contributed by atoms with Gasteiger partial charge in [0.15, 0.2) is 0 Å². The van der Waals surface area contributed by atoms with Crippen LogP contribution in [0, 0.1) is 0 Å². The van der Waals surface area contributed by atoms with Crippen molar-refractivity contribution in [2.75, 3.05) is 33.9 Å². The van der Waals surface area contributed by atoms with Gasteiger partial charge in [-0.05, 0) is 12.8 Å². The van der Waals surface area contributed by atoms with E-state index in [4.69, 9.17) is 10.5 Å².